The molecule has 0 aliphatic rings. The lowest BCUT2D eigenvalue weighted by atomic mass is 10.3. The highest BCUT2D eigenvalue weighted by Crippen LogP contribution is 2.27. The number of benzene rings is 1. The maximum Gasteiger partial charge on any atom is 0.194 e. The van der Waals surface area contributed by atoms with Gasteiger partial charge in [0, 0.05) is 63.7 Å². The number of nitrogens with one attached hydrogen (secondary N) is 1. The zero-order valence-corrected chi connectivity index (χ0v) is 20.3. The molecule has 0 aliphatic heterocycles. The number of ether oxygens (including phenoxy) is 3. The Balaban J connectivity index is 0.00000420. The first-order chi connectivity index (χ1) is 13.6. The van der Waals surface area contributed by atoms with E-state index in [0.717, 1.165) is 31.2 Å². The van der Waals surface area contributed by atoms with Gasteiger partial charge in [-0.25, -0.2) is 0 Å². The lowest BCUT2D eigenvalue weighted by Crippen LogP contribution is -2.39. The molecule has 0 atom stereocenters. The van der Waals surface area contributed by atoms with Crippen LogP contribution in [0, 0.1) is 0 Å². The summed E-state index contributed by atoms with van der Waals surface area (Å²) in [7, 11) is 7.36. The smallest absolute Gasteiger partial charge is 0.194 e. The van der Waals surface area contributed by atoms with Gasteiger partial charge in [0.2, 0.25) is 0 Å². The summed E-state index contributed by atoms with van der Waals surface area (Å²) in [5.41, 5.74) is 1.24. The highest BCUT2D eigenvalue weighted by atomic mass is 127. The number of methoxy groups -OCH3 is 2. The Morgan fingerprint density at radius 1 is 1.14 bits per heavy atom. The molecule has 1 aromatic carbocycles. The van der Waals surface area contributed by atoms with Crippen LogP contribution in [0.4, 0.5) is 0 Å². The summed E-state index contributed by atoms with van der Waals surface area (Å²) in [6.07, 6.45) is 2.87. The number of aromatic nitrogens is 1. The Morgan fingerprint density at radius 3 is 2.34 bits per heavy atom. The molecule has 2 rings (SSSR count). The fourth-order valence-electron chi connectivity index (χ4n) is 2.75. The van der Waals surface area contributed by atoms with E-state index in [2.05, 4.69) is 47.1 Å². The summed E-state index contributed by atoms with van der Waals surface area (Å²) >= 11 is 0. The van der Waals surface area contributed by atoms with Crippen molar-refractivity contribution in [3.63, 3.8) is 0 Å². The van der Waals surface area contributed by atoms with Gasteiger partial charge in [0.25, 0.3) is 0 Å². The van der Waals surface area contributed by atoms with E-state index in [0.29, 0.717) is 24.7 Å². The summed E-state index contributed by atoms with van der Waals surface area (Å²) in [6, 6.07) is 9.70. The molecule has 162 valence electrons. The Kier molecular flexibility index (Phi) is 11.3. The normalized spacial score (nSPS) is 10.9. The standard InChI is InChI=1S/C21H32N4O3.HI/c1-6-22-21(25(3)16-17-9-7-11-24(17)2)23-10-8-12-28-20-14-18(26-4)13-19(15-20)27-5;/h7,9,11,13-15H,6,8,10,12,16H2,1-5H3,(H,22,23);1H. The highest BCUT2D eigenvalue weighted by molar-refractivity contribution is 14.0. The van der Waals surface area contributed by atoms with Gasteiger partial charge in [-0.3, -0.25) is 4.99 Å². The van der Waals surface area contributed by atoms with Crippen LogP contribution in [0.25, 0.3) is 0 Å². The largest absolute Gasteiger partial charge is 0.496 e. The summed E-state index contributed by atoms with van der Waals surface area (Å²) in [5, 5.41) is 3.35. The predicted octanol–water partition coefficient (Wildman–Crippen LogP) is 3.53. The van der Waals surface area contributed by atoms with Gasteiger partial charge in [0.15, 0.2) is 5.96 Å². The highest BCUT2D eigenvalue weighted by Gasteiger charge is 2.08. The van der Waals surface area contributed by atoms with Crippen LogP contribution < -0.4 is 19.5 Å². The zero-order chi connectivity index (χ0) is 20.4. The van der Waals surface area contributed by atoms with Crippen LogP contribution in [0.15, 0.2) is 41.5 Å². The summed E-state index contributed by atoms with van der Waals surface area (Å²) in [6.45, 7) is 4.96. The monoisotopic (exact) mass is 516 g/mol. The molecule has 0 radical (unpaired) electrons. The minimum atomic E-state index is 0. The molecular weight excluding hydrogens is 483 g/mol. The molecule has 0 fully saturated rings. The van der Waals surface area contributed by atoms with Crippen molar-refractivity contribution in [3.8, 4) is 17.2 Å². The second kappa shape index (κ2) is 13.2. The van der Waals surface area contributed by atoms with Gasteiger partial charge in [-0.2, -0.15) is 0 Å². The number of hydrogen-bond acceptors (Lipinski definition) is 4. The lowest BCUT2D eigenvalue weighted by Gasteiger charge is -2.22. The summed E-state index contributed by atoms with van der Waals surface area (Å²) < 4.78 is 18.5. The predicted molar refractivity (Wildman–Crippen MR) is 128 cm³/mol. The Bertz CT molecular complexity index is 742. The van der Waals surface area contributed by atoms with Gasteiger partial charge in [-0.05, 0) is 19.1 Å². The van der Waals surface area contributed by atoms with Crippen molar-refractivity contribution < 1.29 is 14.2 Å². The number of aliphatic imine (C=N–C) groups is 1. The maximum atomic E-state index is 5.83. The van der Waals surface area contributed by atoms with E-state index in [9.17, 15) is 0 Å². The van der Waals surface area contributed by atoms with Crippen molar-refractivity contribution in [2.75, 3.05) is 41.0 Å². The second-order valence-electron chi connectivity index (χ2n) is 6.45. The summed E-state index contributed by atoms with van der Waals surface area (Å²) in [4.78, 5) is 6.85. The van der Waals surface area contributed by atoms with E-state index in [1.807, 2.05) is 25.2 Å². The molecule has 2 aromatic rings. The molecular formula is C21H33IN4O3. The minimum absolute atomic E-state index is 0. The molecule has 1 aromatic heterocycles. The molecule has 1 N–H and O–H groups in total. The zero-order valence-electron chi connectivity index (χ0n) is 18.0. The molecule has 1 heterocycles. The molecule has 0 unspecified atom stereocenters. The SMILES string of the molecule is CCNC(=NCCCOc1cc(OC)cc(OC)c1)N(C)Cc1cccn1C.I. The second-order valence-corrected chi connectivity index (χ2v) is 6.45. The molecule has 0 bridgehead atoms. The molecule has 0 aliphatic carbocycles. The maximum absolute atomic E-state index is 5.83. The third kappa shape index (κ3) is 8.04. The van der Waals surface area contributed by atoms with Crippen LogP contribution in [-0.4, -0.2) is 56.4 Å². The fourth-order valence-corrected chi connectivity index (χ4v) is 2.75. The van der Waals surface area contributed by atoms with Crippen molar-refractivity contribution in [3.05, 3.63) is 42.2 Å². The van der Waals surface area contributed by atoms with Gasteiger partial charge < -0.3 is 29.0 Å². The Hall–Kier alpha value is -2.10. The van der Waals surface area contributed by atoms with Gasteiger partial charge in [0.1, 0.15) is 17.2 Å². The first kappa shape index (κ1) is 24.9. The molecule has 0 spiro atoms. The van der Waals surface area contributed by atoms with Crippen LogP contribution in [0.1, 0.15) is 19.0 Å². The first-order valence-electron chi connectivity index (χ1n) is 9.53. The third-order valence-corrected chi connectivity index (χ3v) is 4.30. The number of nitrogens with zero attached hydrogens (tertiary/aromatic N) is 3. The number of rotatable bonds is 10. The van der Waals surface area contributed by atoms with E-state index in [1.165, 1.54) is 5.69 Å². The molecule has 29 heavy (non-hydrogen) atoms. The minimum Gasteiger partial charge on any atom is -0.496 e. The van der Waals surface area contributed by atoms with Crippen LogP contribution in [0.5, 0.6) is 17.2 Å². The van der Waals surface area contributed by atoms with Crippen molar-refractivity contribution >= 4 is 29.9 Å². The van der Waals surface area contributed by atoms with Gasteiger partial charge in [-0.1, -0.05) is 0 Å². The average Bonchev–Trinajstić information content (AvgIpc) is 3.10. The van der Waals surface area contributed by atoms with Crippen LogP contribution in [-0.2, 0) is 13.6 Å². The third-order valence-electron chi connectivity index (χ3n) is 4.30. The lowest BCUT2D eigenvalue weighted by molar-refractivity contribution is 0.307. The Morgan fingerprint density at radius 2 is 1.79 bits per heavy atom. The molecule has 8 heteroatoms. The number of halogens is 1. The van der Waals surface area contributed by atoms with Crippen molar-refractivity contribution in [2.24, 2.45) is 12.0 Å². The van der Waals surface area contributed by atoms with Crippen LogP contribution >= 0.6 is 24.0 Å². The Labute approximate surface area is 191 Å². The van der Waals surface area contributed by atoms with E-state index in [1.54, 1.807) is 14.2 Å². The quantitative estimate of drug-likeness (QED) is 0.227. The number of aryl methyl sites for hydroxylation is 1. The van der Waals surface area contributed by atoms with Crippen LogP contribution in [0.3, 0.4) is 0 Å². The molecule has 0 amide bonds. The number of guanidine groups is 1. The average molecular weight is 516 g/mol. The fraction of sp³-hybridized carbons (Fsp3) is 0.476. The van der Waals surface area contributed by atoms with E-state index in [4.69, 9.17) is 19.2 Å². The molecule has 0 saturated carbocycles. The van der Waals surface area contributed by atoms with E-state index >= 15 is 0 Å². The topological polar surface area (TPSA) is 60.3 Å². The van der Waals surface area contributed by atoms with Crippen molar-refractivity contribution in [1.29, 1.82) is 0 Å². The van der Waals surface area contributed by atoms with Crippen molar-refractivity contribution in [1.82, 2.24) is 14.8 Å². The van der Waals surface area contributed by atoms with Crippen molar-refractivity contribution in [2.45, 2.75) is 19.9 Å². The number of hydrogen-bond donors (Lipinski definition) is 1. The van der Waals surface area contributed by atoms with E-state index in [-0.39, 0.29) is 24.0 Å². The van der Waals surface area contributed by atoms with Gasteiger partial charge >= 0.3 is 0 Å². The summed E-state index contributed by atoms with van der Waals surface area (Å²) in [5.74, 6) is 3.05. The molecule has 7 nitrogen and oxygen atoms in total. The first-order valence-corrected chi connectivity index (χ1v) is 9.53. The van der Waals surface area contributed by atoms with E-state index < -0.39 is 0 Å². The van der Waals surface area contributed by atoms with Gasteiger partial charge in [-0.15, -0.1) is 24.0 Å². The molecule has 0 saturated heterocycles. The van der Waals surface area contributed by atoms with Crippen LogP contribution in [0.2, 0.25) is 0 Å². The van der Waals surface area contributed by atoms with Gasteiger partial charge in [0.05, 0.1) is 27.4 Å².